The molecule has 0 radical (unpaired) electrons. The van der Waals surface area contributed by atoms with Gasteiger partial charge in [0.15, 0.2) is 5.76 Å². The lowest BCUT2D eigenvalue weighted by Crippen LogP contribution is -2.44. The normalized spacial score (nSPS) is 20.9. The van der Waals surface area contributed by atoms with Crippen molar-refractivity contribution in [3.63, 3.8) is 0 Å². The van der Waals surface area contributed by atoms with E-state index in [9.17, 15) is 4.79 Å². The van der Waals surface area contributed by atoms with Gasteiger partial charge < -0.3 is 14.1 Å². The molecule has 1 unspecified atom stereocenters. The number of carbonyl (C=O) groups is 1. The van der Waals surface area contributed by atoms with E-state index in [0.717, 1.165) is 29.1 Å². The van der Waals surface area contributed by atoms with Crippen molar-refractivity contribution in [1.29, 1.82) is 0 Å². The predicted octanol–water partition coefficient (Wildman–Crippen LogP) is 7.66. The second-order valence-corrected chi connectivity index (χ2v) is 12.9. The number of hydrogen-bond donors (Lipinski definition) is 0. The van der Waals surface area contributed by atoms with Crippen LogP contribution in [0.2, 0.25) is 0 Å². The highest BCUT2D eigenvalue weighted by Gasteiger charge is 2.50. The number of ether oxygens (including phenoxy) is 1. The van der Waals surface area contributed by atoms with Gasteiger partial charge in [0, 0.05) is 48.5 Å². The quantitative estimate of drug-likeness (QED) is 0.294. The number of hydrogen-bond acceptors (Lipinski definition) is 5. The van der Waals surface area contributed by atoms with Crippen LogP contribution in [-0.2, 0) is 10.2 Å². The van der Waals surface area contributed by atoms with E-state index in [2.05, 4.69) is 84.5 Å². The van der Waals surface area contributed by atoms with Crippen molar-refractivity contribution in [2.45, 2.75) is 93.2 Å². The Morgan fingerprint density at radius 3 is 2.36 bits per heavy atom. The number of aromatic nitrogens is 1. The molecule has 210 valence electrons. The molecule has 1 aliphatic rings. The maximum Gasteiger partial charge on any atom is 0.231 e. The monoisotopic (exact) mass is 530 g/mol. The number of pyridine rings is 1. The topological polar surface area (TPSA) is 55.6 Å². The second-order valence-electron chi connectivity index (χ2n) is 12.9. The van der Waals surface area contributed by atoms with E-state index >= 15 is 0 Å². The highest BCUT2D eigenvalue weighted by Crippen LogP contribution is 2.47. The van der Waals surface area contributed by atoms with Crippen LogP contribution in [0.15, 0.2) is 34.9 Å². The molecule has 2 heterocycles. The molecule has 4 rings (SSSR count). The summed E-state index contributed by atoms with van der Waals surface area (Å²) >= 11 is 0. The predicted molar refractivity (Wildman–Crippen MR) is 159 cm³/mol. The molecule has 3 aromatic rings. The summed E-state index contributed by atoms with van der Waals surface area (Å²) in [4.78, 5) is 20.8. The van der Waals surface area contributed by atoms with Gasteiger partial charge >= 0.3 is 0 Å². The Kier molecular flexibility index (Phi) is 7.63. The molecular formula is C34H46N2O3. The number of ketones is 1. The van der Waals surface area contributed by atoms with Crippen molar-refractivity contribution in [3.8, 4) is 0 Å². The third kappa shape index (κ3) is 4.84. The Morgan fingerprint density at radius 2 is 1.74 bits per heavy atom. The minimum Gasteiger partial charge on any atom is -0.458 e. The van der Waals surface area contributed by atoms with E-state index in [1.165, 1.54) is 22.3 Å². The van der Waals surface area contributed by atoms with E-state index in [1.807, 2.05) is 26.0 Å². The largest absolute Gasteiger partial charge is 0.458 e. The first-order chi connectivity index (χ1) is 18.1. The van der Waals surface area contributed by atoms with Crippen LogP contribution in [0.5, 0.6) is 0 Å². The van der Waals surface area contributed by atoms with Gasteiger partial charge in [0.05, 0.1) is 17.4 Å². The van der Waals surface area contributed by atoms with Crippen LogP contribution in [-0.4, -0.2) is 37.1 Å². The summed E-state index contributed by atoms with van der Waals surface area (Å²) in [6.07, 6.45) is 2.85. The van der Waals surface area contributed by atoms with Crippen LogP contribution in [0.1, 0.15) is 96.4 Å². The minimum absolute atomic E-state index is 0.0805. The number of aryl methyl sites for hydroxylation is 3. The summed E-state index contributed by atoms with van der Waals surface area (Å²) in [6.45, 7) is 21.6. The highest BCUT2D eigenvalue weighted by atomic mass is 16.5. The van der Waals surface area contributed by atoms with E-state index in [0.29, 0.717) is 17.2 Å². The Morgan fingerprint density at radius 1 is 1.08 bits per heavy atom. The first-order valence-corrected chi connectivity index (χ1v) is 14.1. The molecule has 5 nitrogen and oxygen atoms in total. The number of benzene rings is 1. The Balaban J connectivity index is 1.74. The molecule has 1 fully saturated rings. The molecule has 0 N–H and O–H groups in total. The third-order valence-corrected chi connectivity index (χ3v) is 9.62. The fourth-order valence-electron chi connectivity index (χ4n) is 7.20. The van der Waals surface area contributed by atoms with Gasteiger partial charge in [-0.2, -0.15) is 0 Å². The molecule has 1 saturated carbocycles. The van der Waals surface area contributed by atoms with Gasteiger partial charge in [-0.1, -0.05) is 46.8 Å². The molecular weight excluding hydrogens is 484 g/mol. The SMILES string of the molecule is CO[C@@H]1C(C)C[C@@H](N(C)c2cc(C)ncc2C(=O)c2cc(C(C)(C)c3ccc(C)c(C)c3C)c(C)o2)C1(C)C. The van der Waals surface area contributed by atoms with Crippen molar-refractivity contribution < 1.29 is 13.9 Å². The van der Waals surface area contributed by atoms with E-state index in [1.54, 1.807) is 13.3 Å². The van der Waals surface area contributed by atoms with Crippen molar-refractivity contribution in [2.75, 3.05) is 19.1 Å². The average molecular weight is 531 g/mol. The first kappa shape index (κ1) is 29.1. The van der Waals surface area contributed by atoms with Crippen LogP contribution < -0.4 is 4.90 Å². The summed E-state index contributed by atoms with van der Waals surface area (Å²) in [6, 6.07) is 8.57. The van der Waals surface area contributed by atoms with Crippen molar-refractivity contribution in [1.82, 2.24) is 4.98 Å². The summed E-state index contributed by atoms with van der Waals surface area (Å²) in [5.41, 5.74) is 8.07. The second kappa shape index (κ2) is 10.2. The zero-order valence-corrected chi connectivity index (χ0v) is 25.9. The lowest BCUT2D eigenvalue weighted by molar-refractivity contribution is 0.00214. The van der Waals surface area contributed by atoms with E-state index < -0.39 is 0 Å². The molecule has 5 heteroatoms. The maximum absolute atomic E-state index is 14.1. The van der Waals surface area contributed by atoms with Gasteiger partial charge in [0.2, 0.25) is 5.78 Å². The zero-order chi connectivity index (χ0) is 29.0. The molecule has 0 aliphatic heterocycles. The van der Waals surface area contributed by atoms with E-state index in [4.69, 9.17) is 9.15 Å². The molecule has 1 aromatic carbocycles. The van der Waals surface area contributed by atoms with Gasteiger partial charge in [-0.15, -0.1) is 0 Å². The highest BCUT2D eigenvalue weighted by molar-refractivity contribution is 6.10. The molecule has 0 amide bonds. The number of methoxy groups -OCH3 is 1. The molecule has 39 heavy (non-hydrogen) atoms. The third-order valence-electron chi connectivity index (χ3n) is 9.62. The molecule has 2 aromatic heterocycles. The minimum atomic E-state index is -0.320. The molecule has 0 saturated heterocycles. The lowest BCUT2D eigenvalue weighted by atomic mass is 9.75. The molecule has 0 bridgehead atoms. The number of anilines is 1. The fourth-order valence-corrected chi connectivity index (χ4v) is 7.20. The zero-order valence-electron chi connectivity index (χ0n) is 25.9. The number of carbonyl (C=O) groups excluding carboxylic acids is 1. The average Bonchev–Trinajstić information content (AvgIpc) is 3.37. The van der Waals surface area contributed by atoms with Crippen LogP contribution in [0, 0.1) is 46.0 Å². The number of rotatable bonds is 7. The van der Waals surface area contributed by atoms with Gasteiger partial charge in [0.25, 0.3) is 0 Å². The van der Waals surface area contributed by atoms with Crippen molar-refractivity contribution in [3.05, 3.63) is 81.1 Å². The first-order valence-electron chi connectivity index (χ1n) is 14.1. The summed E-state index contributed by atoms with van der Waals surface area (Å²) < 4.78 is 12.1. The van der Waals surface area contributed by atoms with Crippen molar-refractivity contribution >= 4 is 11.5 Å². The fraction of sp³-hybridized carbons (Fsp3) is 0.529. The summed E-state index contributed by atoms with van der Waals surface area (Å²) in [5.74, 6) is 1.40. The Bertz CT molecular complexity index is 1400. The Hall–Kier alpha value is -2.92. The molecule has 3 atom stereocenters. The molecule has 0 spiro atoms. The van der Waals surface area contributed by atoms with Gasteiger partial charge in [0.1, 0.15) is 5.76 Å². The molecule has 1 aliphatic carbocycles. The number of furan rings is 1. The van der Waals surface area contributed by atoms with Crippen molar-refractivity contribution in [2.24, 2.45) is 11.3 Å². The maximum atomic E-state index is 14.1. The van der Waals surface area contributed by atoms with Crippen LogP contribution >= 0.6 is 0 Å². The van der Waals surface area contributed by atoms with Gasteiger partial charge in [-0.25, -0.2) is 0 Å². The van der Waals surface area contributed by atoms with E-state index in [-0.39, 0.29) is 28.8 Å². The van der Waals surface area contributed by atoms with Crippen LogP contribution in [0.25, 0.3) is 0 Å². The standard InChI is InChI=1S/C34H46N2O3/c1-19-13-14-26(23(5)22(19)4)33(7,8)27-17-29(39-24(27)6)31(37)25-18-35-21(3)16-28(25)36(11)30-15-20(2)32(38-12)34(30,9)10/h13-14,16-18,20,30,32H,15H2,1-12H3/t20?,30-,32-/m1/s1. The lowest BCUT2D eigenvalue weighted by Gasteiger charge is -2.39. The number of nitrogens with zero attached hydrogens (tertiary/aromatic N) is 2. The summed E-state index contributed by atoms with van der Waals surface area (Å²) in [7, 11) is 3.89. The van der Waals surface area contributed by atoms with Gasteiger partial charge in [-0.05, 0) is 81.3 Å². The van der Waals surface area contributed by atoms with Gasteiger partial charge in [-0.3, -0.25) is 9.78 Å². The van der Waals surface area contributed by atoms with Crippen LogP contribution in [0.3, 0.4) is 0 Å². The van der Waals surface area contributed by atoms with Crippen LogP contribution in [0.4, 0.5) is 5.69 Å². The smallest absolute Gasteiger partial charge is 0.231 e. The Labute approximate surface area is 235 Å². The summed E-state index contributed by atoms with van der Waals surface area (Å²) in [5, 5.41) is 0.